The van der Waals surface area contributed by atoms with Gasteiger partial charge in [0.25, 0.3) is 0 Å². The number of halogens is 1. The molecule has 0 radical (unpaired) electrons. The molecule has 0 aliphatic heterocycles. The van der Waals surface area contributed by atoms with Gasteiger partial charge in [-0.2, -0.15) is 0 Å². The summed E-state index contributed by atoms with van der Waals surface area (Å²) in [6.07, 6.45) is 3.35. The van der Waals surface area contributed by atoms with Crippen molar-refractivity contribution in [2.75, 3.05) is 13.2 Å². The summed E-state index contributed by atoms with van der Waals surface area (Å²) in [4.78, 5) is 0. The summed E-state index contributed by atoms with van der Waals surface area (Å²) in [6, 6.07) is 15.0. The molecule has 1 aliphatic carbocycles. The van der Waals surface area contributed by atoms with E-state index < -0.39 is 0 Å². The number of aliphatic hydroxyl groups excluding tert-OH is 2. The molecular weight excluding hydrogens is 340 g/mol. The standard InChI is InChI=1S/C19H21BrO2/c20-14-7-8-16-15-5-1-2-6-17(15)19(9-3-11-21,10-4-12-22)18(16)13-14/h1-2,5-8,13,21-22H,3-4,9-12H2. The van der Waals surface area contributed by atoms with Gasteiger partial charge in [-0.25, -0.2) is 0 Å². The molecule has 0 unspecified atom stereocenters. The van der Waals surface area contributed by atoms with Gasteiger partial charge >= 0.3 is 0 Å². The lowest BCUT2D eigenvalue weighted by Gasteiger charge is -2.32. The monoisotopic (exact) mass is 360 g/mol. The molecule has 0 spiro atoms. The van der Waals surface area contributed by atoms with Crippen LogP contribution >= 0.6 is 15.9 Å². The van der Waals surface area contributed by atoms with Crippen LogP contribution in [-0.4, -0.2) is 23.4 Å². The molecule has 3 heteroatoms. The Morgan fingerprint density at radius 3 is 2.14 bits per heavy atom. The first-order chi connectivity index (χ1) is 10.7. The van der Waals surface area contributed by atoms with Crippen LogP contribution in [0.15, 0.2) is 46.9 Å². The Labute approximate surface area is 139 Å². The maximum absolute atomic E-state index is 9.36. The van der Waals surface area contributed by atoms with E-state index in [9.17, 15) is 10.2 Å². The van der Waals surface area contributed by atoms with Crippen LogP contribution in [0, 0.1) is 0 Å². The summed E-state index contributed by atoms with van der Waals surface area (Å²) < 4.78 is 1.08. The predicted octanol–water partition coefficient (Wildman–Crippen LogP) is 4.26. The molecule has 22 heavy (non-hydrogen) atoms. The maximum Gasteiger partial charge on any atom is 0.0431 e. The first-order valence-electron chi connectivity index (χ1n) is 7.84. The lowest BCUT2D eigenvalue weighted by atomic mass is 9.71. The molecule has 0 aromatic heterocycles. The van der Waals surface area contributed by atoms with E-state index in [1.807, 2.05) is 0 Å². The highest BCUT2D eigenvalue weighted by atomic mass is 79.9. The average molecular weight is 361 g/mol. The minimum atomic E-state index is -0.0961. The van der Waals surface area contributed by atoms with Crippen molar-refractivity contribution in [2.24, 2.45) is 0 Å². The number of rotatable bonds is 6. The fourth-order valence-electron chi connectivity index (χ4n) is 3.85. The molecule has 0 fully saturated rings. The van der Waals surface area contributed by atoms with E-state index in [1.54, 1.807) is 0 Å². The highest BCUT2D eigenvalue weighted by Crippen LogP contribution is 2.54. The van der Waals surface area contributed by atoms with Gasteiger partial charge in [0.05, 0.1) is 0 Å². The third-order valence-electron chi connectivity index (χ3n) is 4.75. The van der Waals surface area contributed by atoms with Crippen molar-refractivity contribution < 1.29 is 10.2 Å². The summed E-state index contributed by atoms with van der Waals surface area (Å²) >= 11 is 3.60. The number of benzene rings is 2. The summed E-state index contributed by atoms with van der Waals surface area (Å²) in [7, 11) is 0. The zero-order chi connectivity index (χ0) is 15.6. The molecule has 116 valence electrons. The van der Waals surface area contributed by atoms with Crippen molar-refractivity contribution in [3.05, 3.63) is 58.1 Å². The van der Waals surface area contributed by atoms with Crippen LogP contribution in [0.1, 0.15) is 36.8 Å². The second kappa shape index (κ2) is 6.53. The lowest BCUT2D eigenvalue weighted by Crippen LogP contribution is -2.26. The van der Waals surface area contributed by atoms with Crippen LogP contribution in [0.4, 0.5) is 0 Å². The van der Waals surface area contributed by atoms with Crippen LogP contribution in [0.5, 0.6) is 0 Å². The molecule has 2 nitrogen and oxygen atoms in total. The van der Waals surface area contributed by atoms with Gasteiger partial charge in [0.15, 0.2) is 0 Å². The van der Waals surface area contributed by atoms with Crippen LogP contribution in [0.25, 0.3) is 11.1 Å². The molecule has 0 heterocycles. The molecule has 1 aliphatic rings. The highest BCUT2D eigenvalue weighted by molar-refractivity contribution is 9.10. The molecular formula is C19H21BrO2. The van der Waals surface area contributed by atoms with E-state index in [1.165, 1.54) is 22.3 Å². The van der Waals surface area contributed by atoms with Gasteiger partial charge in [-0.1, -0.05) is 46.3 Å². The normalized spacial score (nSPS) is 14.7. The quantitative estimate of drug-likeness (QED) is 0.807. The molecule has 0 bridgehead atoms. The smallest absolute Gasteiger partial charge is 0.0431 e. The van der Waals surface area contributed by atoms with Gasteiger partial charge in [0.1, 0.15) is 0 Å². The van der Waals surface area contributed by atoms with Crippen molar-refractivity contribution in [1.29, 1.82) is 0 Å². The van der Waals surface area contributed by atoms with Crippen molar-refractivity contribution in [3.63, 3.8) is 0 Å². The Morgan fingerprint density at radius 1 is 0.818 bits per heavy atom. The molecule has 0 atom stereocenters. The average Bonchev–Trinajstić information content (AvgIpc) is 2.81. The van der Waals surface area contributed by atoms with Crippen molar-refractivity contribution >= 4 is 15.9 Å². The molecule has 2 N–H and O–H groups in total. The first-order valence-corrected chi connectivity index (χ1v) is 8.64. The Bertz CT molecular complexity index is 658. The van der Waals surface area contributed by atoms with Gasteiger partial charge < -0.3 is 10.2 Å². The topological polar surface area (TPSA) is 40.5 Å². The Balaban J connectivity index is 2.20. The van der Waals surface area contributed by atoms with E-state index in [0.717, 1.165) is 30.2 Å². The SMILES string of the molecule is OCCCC1(CCCO)c2ccccc2-c2ccc(Br)cc21. The Morgan fingerprint density at radius 2 is 1.45 bits per heavy atom. The fourth-order valence-corrected chi connectivity index (χ4v) is 4.21. The number of hydrogen-bond donors (Lipinski definition) is 2. The van der Waals surface area contributed by atoms with E-state index in [0.29, 0.717) is 0 Å². The Kier molecular flexibility index (Phi) is 4.67. The minimum Gasteiger partial charge on any atom is -0.396 e. The van der Waals surface area contributed by atoms with Gasteiger partial charge in [-0.15, -0.1) is 0 Å². The summed E-state index contributed by atoms with van der Waals surface area (Å²) in [5.74, 6) is 0. The first kappa shape index (κ1) is 15.7. The van der Waals surface area contributed by atoms with Gasteiger partial charge in [-0.3, -0.25) is 0 Å². The predicted molar refractivity (Wildman–Crippen MR) is 93.0 cm³/mol. The van der Waals surface area contributed by atoms with Gasteiger partial charge in [0.2, 0.25) is 0 Å². The van der Waals surface area contributed by atoms with Crippen LogP contribution in [-0.2, 0) is 5.41 Å². The van der Waals surface area contributed by atoms with Gasteiger partial charge in [0, 0.05) is 23.1 Å². The second-order valence-electron chi connectivity index (χ2n) is 5.97. The minimum absolute atomic E-state index is 0.0961. The number of fused-ring (bicyclic) bond motifs is 3. The van der Waals surface area contributed by atoms with Crippen molar-refractivity contribution in [3.8, 4) is 11.1 Å². The molecule has 2 aromatic carbocycles. The van der Waals surface area contributed by atoms with Crippen molar-refractivity contribution in [2.45, 2.75) is 31.1 Å². The van der Waals surface area contributed by atoms with E-state index >= 15 is 0 Å². The molecule has 3 rings (SSSR count). The fraction of sp³-hybridized carbons (Fsp3) is 0.368. The second-order valence-corrected chi connectivity index (χ2v) is 6.89. The van der Waals surface area contributed by atoms with Crippen LogP contribution in [0.2, 0.25) is 0 Å². The molecule has 2 aromatic rings. The lowest BCUT2D eigenvalue weighted by molar-refractivity contribution is 0.247. The van der Waals surface area contributed by atoms with Gasteiger partial charge in [-0.05, 0) is 60.1 Å². The third-order valence-corrected chi connectivity index (χ3v) is 5.25. The maximum atomic E-state index is 9.36. The van der Waals surface area contributed by atoms with E-state index in [2.05, 4.69) is 58.4 Å². The summed E-state index contributed by atoms with van der Waals surface area (Å²) in [5.41, 5.74) is 5.15. The third kappa shape index (κ3) is 2.51. The highest BCUT2D eigenvalue weighted by Gasteiger charge is 2.41. The van der Waals surface area contributed by atoms with Crippen LogP contribution < -0.4 is 0 Å². The molecule has 0 amide bonds. The summed E-state index contributed by atoms with van der Waals surface area (Å²) in [5, 5.41) is 18.7. The van der Waals surface area contributed by atoms with E-state index in [4.69, 9.17) is 0 Å². The van der Waals surface area contributed by atoms with Crippen molar-refractivity contribution in [1.82, 2.24) is 0 Å². The van der Waals surface area contributed by atoms with E-state index in [-0.39, 0.29) is 18.6 Å². The van der Waals surface area contributed by atoms with Crippen LogP contribution in [0.3, 0.4) is 0 Å². The zero-order valence-corrected chi connectivity index (χ0v) is 14.1. The zero-order valence-electron chi connectivity index (χ0n) is 12.6. The molecule has 0 saturated carbocycles. The number of aliphatic hydroxyl groups is 2. The Hall–Kier alpha value is -1.16. The largest absolute Gasteiger partial charge is 0.396 e. The number of hydrogen-bond acceptors (Lipinski definition) is 2. The summed E-state index contributed by atoms with van der Waals surface area (Å²) in [6.45, 7) is 0.402. The molecule has 0 saturated heterocycles.